The quantitative estimate of drug-likeness (QED) is 0.216. The van der Waals surface area contributed by atoms with E-state index in [1.54, 1.807) is 34.6 Å². The highest BCUT2D eigenvalue weighted by Crippen LogP contribution is 2.21. The molecule has 0 aromatic rings. The van der Waals surface area contributed by atoms with Crippen LogP contribution < -0.4 is 16.0 Å². The first-order chi connectivity index (χ1) is 17.5. The number of aliphatic hydroxyl groups is 1. The van der Waals surface area contributed by atoms with Crippen LogP contribution in [0.1, 0.15) is 53.9 Å². The number of likely N-dealkylation sites (tertiary alicyclic amines) is 1. The molecule has 5 N–H and O–H groups in total. The minimum absolute atomic E-state index is 0.00202. The Bertz CT molecular complexity index is 975. The van der Waals surface area contributed by atoms with E-state index in [-0.39, 0.29) is 37.2 Å². The number of alkyl carbamates (subject to hydrolysis) is 1. The molecule has 2 aliphatic heterocycles. The monoisotopic (exact) mass is 564 g/mol. The molecule has 0 bridgehead atoms. The molecule has 15 heteroatoms. The average Bonchev–Trinajstić information content (AvgIpc) is 3.13. The Morgan fingerprint density at radius 3 is 2.32 bits per heavy atom. The molecule has 0 spiro atoms. The van der Waals surface area contributed by atoms with E-state index in [4.69, 9.17) is 9.47 Å². The van der Waals surface area contributed by atoms with Crippen molar-refractivity contribution in [1.82, 2.24) is 20.9 Å². The second-order valence-electron chi connectivity index (χ2n) is 11.2. The summed E-state index contributed by atoms with van der Waals surface area (Å²) in [5, 5.41) is 17.6. The van der Waals surface area contributed by atoms with Crippen molar-refractivity contribution in [2.75, 3.05) is 26.2 Å². The lowest BCUT2D eigenvalue weighted by Gasteiger charge is -2.39. The fourth-order valence-corrected chi connectivity index (χ4v) is 4.74. The third-order valence-electron chi connectivity index (χ3n) is 6.05. The Hall–Kier alpha value is -2.65. The van der Waals surface area contributed by atoms with E-state index in [9.17, 15) is 37.3 Å². The summed E-state index contributed by atoms with van der Waals surface area (Å²) in [6, 6.07) is -2.64. The van der Waals surface area contributed by atoms with E-state index < -0.39 is 57.3 Å². The van der Waals surface area contributed by atoms with Gasteiger partial charge in [-0.1, -0.05) is 13.8 Å². The number of hydrogen-bond acceptors (Lipinski definition) is 9. The van der Waals surface area contributed by atoms with Crippen LogP contribution >= 0.6 is 0 Å². The molecule has 14 nitrogen and oxygen atoms in total. The average molecular weight is 565 g/mol. The van der Waals surface area contributed by atoms with Gasteiger partial charge < -0.3 is 35.4 Å². The largest absolute Gasteiger partial charge is 0.449 e. The number of nitrogens with zero attached hydrogens (tertiary/aromatic N) is 1. The van der Waals surface area contributed by atoms with E-state index in [2.05, 4.69) is 16.0 Å². The van der Waals surface area contributed by atoms with Gasteiger partial charge in [-0.2, -0.15) is 8.42 Å². The minimum atomic E-state index is -4.95. The maximum Gasteiger partial charge on any atom is 0.410 e. The number of nitrogens with one attached hydrogen (secondary N) is 3. The van der Waals surface area contributed by atoms with Crippen LogP contribution in [0.15, 0.2) is 0 Å². The number of aliphatic hydroxyl groups excluding tert-OH is 1. The van der Waals surface area contributed by atoms with Gasteiger partial charge in [0.1, 0.15) is 11.6 Å². The third kappa shape index (κ3) is 9.91. The normalized spacial score (nSPS) is 20.7. The Kier molecular flexibility index (Phi) is 10.7. The smallest absolute Gasteiger partial charge is 0.410 e. The van der Waals surface area contributed by atoms with Crippen molar-refractivity contribution < 1.29 is 46.7 Å². The van der Waals surface area contributed by atoms with Crippen molar-refractivity contribution in [1.29, 1.82) is 0 Å². The molecule has 2 aliphatic rings. The predicted molar refractivity (Wildman–Crippen MR) is 134 cm³/mol. The summed E-state index contributed by atoms with van der Waals surface area (Å²) >= 11 is 0. The zero-order valence-electron chi connectivity index (χ0n) is 22.4. The molecule has 0 aromatic heterocycles. The summed E-state index contributed by atoms with van der Waals surface area (Å²) < 4.78 is 43.0. The van der Waals surface area contributed by atoms with Crippen LogP contribution in [-0.4, -0.2) is 96.3 Å². The van der Waals surface area contributed by atoms with Crippen LogP contribution in [-0.2, 0) is 29.2 Å². The Labute approximate surface area is 222 Å². The molecular formula is C23H40N4O10S. The zero-order chi connectivity index (χ0) is 28.8. The lowest BCUT2D eigenvalue weighted by atomic mass is 9.97. The first-order valence-corrected chi connectivity index (χ1v) is 14.1. The summed E-state index contributed by atoms with van der Waals surface area (Å²) in [5.74, 6) is -1.99. The summed E-state index contributed by atoms with van der Waals surface area (Å²) in [4.78, 5) is 50.9. The van der Waals surface area contributed by atoms with Gasteiger partial charge >= 0.3 is 12.2 Å². The fourth-order valence-electron chi connectivity index (χ4n) is 4.15. The third-order valence-corrected chi connectivity index (χ3v) is 6.99. The maximum absolute atomic E-state index is 13.0. The van der Waals surface area contributed by atoms with Gasteiger partial charge in [0.2, 0.25) is 17.3 Å². The van der Waals surface area contributed by atoms with Gasteiger partial charge in [0, 0.05) is 31.5 Å². The van der Waals surface area contributed by atoms with Gasteiger partial charge in [-0.25, -0.2) is 9.59 Å². The van der Waals surface area contributed by atoms with E-state index in [0.717, 1.165) is 0 Å². The highest BCUT2D eigenvalue weighted by Gasteiger charge is 2.38. The molecule has 0 radical (unpaired) electrons. The first-order valence-electron chi connectivity index (χ1n) is 12.6. The predicted octanol–water partition coefficient (Wildman–Crippen LogP) is 0.211. The van der Waals surface area contributed by atoms with Gasteiger partial charge in [-0.05, 0) is 46.0 Å². The summed E-state index contributed by atoms with van der Waals surface area (Å²) in [5.41, 5.74) is -2.98. The Morgan fingerprint density at radius 1 is 1.18 bits per heavy atom. The van der Waals surface area contributed by atoms with Crippen LogP contribution in [0.2, 0.25) is 0 Å². The highest BCUT2D eigenvalue weighted by atomic mass is 32.2. The summed E-state index contributed by atoms with van der Waals surface area (Å²) in [6.07, 6.45) is -1.04. The van der Waals surface area contributed by atoms with E-state index in [1.807, 2.05) is 0 Å². The number of carbonyl (C=O) groups is 4. The maximum atomic E-state index is 13.0. The lowest BCUT2D eigenvalue weighted by molar-refractivity contribution is -0.126. The number of hydrogen-bond donors (Lipinski definition) is 5. The van der Waals surface area contributed by atoms with Gasteiger partial charge in [-0.3, -0.25) is 14.1 Å². The summed E-state index contributed by atoms with van der Waals surface area (Å²) in [6.45, 7) is 9.96. The zero-order valence-corrected chi connectivity index (χ0v) is 23.2. The molecule has 2 rings (SSSR count). The number of carbonyl (C=O) groups excluding carboxylic acids is 4. The van der Waals surface area contributed by atoms with Crippen molar-refractivity contribution in [2.24, 2.45) is 17.8 Å². The Morgan fingerprint density at radius 2 is 1.82 bits per heavy atom. The topological polar surface area (TPSA) is 201 Å². The molecular weight excluding hydrogens is 524 g/mol. The molecule has 218 valence electrons. The molecule has 1 unspecified atom stereocenters. The van der Waals surface area contributed by atoms with E-state index in [0.29, 0.717) is 26.1 Å². The number of ether oxygens (including phenoxy) is 2. The molecule has 2 fully saturated rings. The standard InChI is InChI=1S/C23H40N4O10S/c1-13(2)8-16(26-21(31)36-12-14-10-27(11-14)22(32)37-23(3,4)5)19(29)25-17(20(30)38(33,34)35)9-15-6-7-24-18(15)28/h13-17,20,30H,6-12H2,1-5H3,(H,24,28)(H,25,29)(H,26,31)(H,33,34,35)/t15-,16+,17+,20?/m1/s1. The van der Waals surface area contributed by atoms with Crippen molar-refractivity contribution >= 4 is 34.1 Å². The lowest BCUT2D eigenvalue weighted by Crippen LogP contribution is -2.55. The van der Waals surface area contributed by atoms with Crippen molar-refractivity contribution in [3.63, 3.8) is 0 Å². The van der Waals surface area contributed by atoms with Crippen molar-refractivity contribution in [3.05, 3.63) is 0 Å². The fraction of sp³-hybridized carbons (Fsp3) is 0.826. The van der Waals surface area contributed by atoms with Gasteiger partial charge in [0.25, 0.3) is 10.1 Å². The molecule has 4 atom stereocenters. The molecule has 0 saturated carbocycles. The molecule has 38 heavy (non-hydrogen) atoms. The van der Waals surface area contributed by atoms with Crippen molar-refractivity contribution in [3.8, 4) is 0 Å². The molecule has 2 heterocycles. The molecule has 0 aliphatic carbocycles. The van der Waals surface area contributed by atoms with Crippen molar-refractivity contribution in [2.45, 2.75) is 77.0 Å². The van der Waals surface area contributed by atoms with Crippen LogP contribution in [0.4, 0.5) is 9.59 Å². The first kappa shape index (κ1) is 31.6. The molecule has 2 saturated heterocycles. The Balaban J connectivity index is 1.94. The van der Waals surface area contributed by atoms with Gasteiger partial charge in [0.15, 0.2) is 0 Å². The SMILES string of the molecule is CC(C)C[C@H](NC(=O)OCC1CN(C(=O)OC(C)(C)C)C1)C(=O)N[C@@H](C[C@H]1CCNC1=O)C(O)S(=O)(=O)O. The molecule has 0 aromatic carbocycles. The second-order valence-corrected chi connectivity index (χ2v) is 12.7. The second kappa shape index (κ2) is 12.9. The van der Waals surface area contributed by atoms with Crippen LogP contribution in [0, 0.1) is 17.8 Å². The molecule has 4 amide bonds. The van der Waals surface area contributed by atoms with E-state index in [1.165, 1.54) is 4.90 Å². The highest BCUT2D eigenvalue weighted by molar-refractivity contribution is 7.86. The van der Waals surface area contributed by atoms with Crippen LogP contribution in [0.3, 0.4) is 0 Å². The van der Waals surface area contributed by atoms with Crippen LogP contribution in [0.5, 0.6) is 0 Å². The number of rotatable bonds is 11. The van der Waals surface area contributed by atoms with Gasteiger partial charge in [-0.15, -0.1) is 0 Å². The van der Waals surface area contributed by atoms with Gasteiger partial charge in [0.05, 0.1) is 12.6 Å². The summed E-state index contributed by atoms with van der Waals surface area (Å²) in [7, 11) is -4.95. The minimum Gasteiger partial charge on any atom is -0.449 e. The number of amides is 4. The van der Waals surface area contributed by atoms with Crippen LogP contribution in [0.25, 0.3) is 0 Å². The van der Waals surface area contributed by atoms with E-state index >= 15 is 0 Å².